The Bertz CT molecular complexity index is 509. The van der Waals surface area contributed by atoms with E-state index in [1.807, 2.05) is 11.0 Å². The van der Waals surface area contributed by atoms with Crippen LogP contribution in [0.4, 0.5) is 0 Å². The highest BCUT2D eigenvalue weighted by Gasteiger charge is 2.47. The van der Waals surface area contributed by atoms with Gasteiger partial charge in [0.2, 0.25) is 5.91 Å². The zero-order valence-corrected chi connectivity index (χ0v) is 11.1. The zero-order valence-electron chi connectivity index (χ0n) is 9.58. The maximum atomic E-state index is 11.9. The van der Waals surface area contributed by atoms with Crippen molar-refractivity contribution >= 4 is 29.1 Å². The number of nitrogens with zero attached hydrogens (tertiary/aromatic N) is 1. The molecule has 1 aromatic carbocycles. The van der Waals surface area contributed by atoms with Gasteiger partial charge in [-0.15, -0.1) is 0 Å². The van der Waals surface area contributed by atoms with Crippen LogP contribution in [0.5, 0.6) is 0 Å². The van der Waals surface area contributed by atoms with Gasteiger partial charge in [0.15, 0.2) is 0 Å². The zero-order chi connectivity index (χ0) is 12.8. The van der Waals surface area contributed by atoms with Gasteiger partial charge in [-0.1, -0.05) is 29.3 Å². The van der Waals surface area contributed by atoms with E-state index in [2.05, 4.69) is 5.32 Å². The summed E-state index contributed by atoms with van der Waals surface area (Å²) >= 11 is 12.0. The Balaban J connectivity index is 2.06. The van der Waals surface area contributed by atoms with E-state index in [-0.39, 0.29) is 12.5 Å². The third kappa shape index (κ3) is 1.72. The molecule has 3 rings (SSSR count). The molecule has 0 saturated carbocycles. The lowest BCUT2D eigenvalue weighted by Gasteiger charge is -2.41. The van der Waals surface area contributed by atoms with Gasteiger partial charge >= 0.3 is 0 Å². The van der Waals surface area contributed by atoms with Crippen molar-refractivity contribution in [3.05, 3.63) is 33.8 Å². The standard InChI is InChI=1S/C12H12Cl2N2O2/c13-9-2-1-8(5-10(9)14)12-7-18-6-11(17)16(12)4-3-15-12/h1-2,5,15H,3-4,6-7H2. The Morgan fingerprint density at radius 3 is 2.94 bits per heavy atom. The summed E-state index contributed by atoms with van der Waals surface area (Å²) < 4.78 is 5.39. The number of rotatable bonds is 1. The van der Waals surface area contributed by atoms with Crippen LogP contribution in [-0.2, 0) is 15.2 Å². The van der Waals surface area contributed by atoms with E-state index in [4.69, 9.17) is 27.9 Å². The van der Waals surface area contributed by atoms with Crippen molar-refractivity contribution in [1.82, 2.24) is 10.2 Å². The maximum absolute atomic E-state index is 11.9. The van der Waals surface area contributed by atoms with Gasteiger partial charge in [0.25, 0.3) is 0 Å². The Labute approximate surface area is 115 Å². The van der Waals surface area contributed by atoms with E-state index in [1.165, 1.54) is 0 Å². The van der Waals surface area contributed by atoms with E-state index >= 15 is 0 Å². The smallest absolute Gasteiger partial charge is 0.250 e. The number of hydrogen-bond acceptors (Lipinski definition) is 3. The number of benzene rings is 1. The van der Waals surface area contributed by atoms with Crippen molar-refractivity contribution in [2.75, 3.05) is 26.3 Å². The van der Waals surface area contributed by atoms with Crippen molar-refractivity contribution in [1.29, 1.82) is 0 Å². The molecule has 1 N–H and O–H groups in total. The average molecular weight is 287 g/mol. The number of amides is 1. The average Bonchev–Trinajstić information content (AvgIpc) is 2.79. The summed E-state index contributed by atoms with van der Waals surface area (Å²) in [5, 5.41) is 4.33. The molecule has 0 radical (unpaired) electrons. The number of carbonyl (C=O) groups is 1. The van der Waals surface area contributed by atoms with E-state index in [9.17, 15) is 4.79 Å². The first-order valence-electron chi connectivity index (χ1n) is 5.72. The van der Waals surface area contributed by atoms with E-state index < -0.39 is 5.66 Å². The summed E-state index contributed by atoms with van der Waals surface area (Å²) in [5.74, 6) is -0.00248. The summed E-state index contributed by atoms with van der Waals surface area (Å²) in [7, 11) is 0. The molecular formula is C12H12Cl2N2O2. The fourth-order valence-corrected chi connectivity index (χ4v) is 2.88. The van der Waals surface area contributed by atoms with E-state index in [1.54, 1.807) is 12.1 Å². The first kappa shape index (κ1) is 12.2. The molecule has 2 saturated heterocycles. The minimum atomic E-state index is -0.594. The second kappa shape index (κ2) is 4.38. The van der Waals surface area contributed by atoms with E-state index in [0.29, 0.717) is 23.2 Å². The van der Waals surface area contributed by atoms with Crippen LogP contribution in [0.15, 0.2) is 18.2 Å². The van der Waals surface area contributed by atoms with Crippen LogP contribution in [0.2, 0.25) is 10.0 Å². The van der Waals surface area contributed by atoms with Crippen molar-refractivity contribution < 1.29 is 9.53 Å². The van der Waals surface area contributed by atoms with Gasteiger partial charge in [-0.25, -0.2) is 0 Å². The summed E-state index contributed by atoms with van der Waals surface area (Å²) in [6, 6.07) is 5.41. The molecule has 18 heavy (non-hydrogen) atoms. The summed E-state index contributed by atoms with van der Waals surface area (Å²) in [4.78, 5) is 13.7. The Kier molecular flexibility index (Phi) is 2.98. The molecule has 4 nitrogen and oxygen atoms in total. The predicted octanol–water partition coefficient (Wildman–Crippen LogP) is 1.61. The first-order valence-corrected chi connectivity index (χ1v) is 6.48. The monoisotopic (exact) mass is 286 g/mol. The highest BCUT2D eigenvalue weighted by atomic mass is 35.5. The summed E-state index contributed by atoms with van der Waals surface area (Å²) in [5.41, 5.74) is 0.311. The topological polar surface area (TPSA) is 41.6 Å². The molecule has 96 valence electrons. The fraction of sp³-hybridized carbons (Fsp3) is 0.417. The van der Waals surface area contributed by atoms with Crippen LogP contribution in [0.3, 0.4) is 0 Å². The van der Waals surface area contributed by atoms with Gasteiger partial charge in [-0.2, -0.15) is 0 Å². The van der Waals surface area contributed by atoms with Crippen LogP contribution < -0.4 is 5.32 Å². The molecular weight excluding hydrogens is 275 g/mol. The molecule has 1 atom stereocenters. The molecule has 2 aliphatic rings. The Morgan fingerprint density at radius 1 is 1.33 bits per heavy atom. The lowest BCUT2D eigenvalue weighted by molar-refractivity contribution is -0.156. The molecule has 1 unspecified atom stereocenters. The highest BCUT2D eigenvalue weighted by Crippen LogP contribution is 2.35. The molecule has 0 bridgehead atoms. The SMILES string of the molecule is O=C1COCC2(c3ccc(Cl)c(Cl)c3)NCCN12. The minimum Gasteiger partial charge on any atom is -0.367 e. The molecule has 0 aliphatic carbocycles. The maximum Gasteiger partial charge on any atom is 0.250 e. The number of ether oxygens (including phenoxy) is 1. The minimum absolute atomic E-state index is 0.00248. The second-order valence-corrected chi connectivity index (χ2v) is 5.27. The number of carbonyl (C=O) groups excluding carboxylic acids is 1. The molecule has 0 aromatic heterocycles. The normalized spacial score (nSPS) is 27.4. The van der Waals surface area contributed by atoms with Crippen molar-refractivity contribution in [2.45, 2.75) is 5.66 Å². The molecule has 6 heteroatoms. The molecule has 2 fully saturated rings. The molecule has 1 aromatic rings. The Hall–Kier alpha value is -0.810. The number of halogens is 2. The Morgan fingerprint density at radius 2 is 2.17 bits per heavy atom. The molecule has 2 aliphatic heterocycles. The number of morpholine rings is 1. The van der Waals surface area contributed by atoms with Crippen LogP contribution in [0, 0.1) is 0 Å². The molecule has 0 spiro atoms. The van der Waals surface area contributed by atoms with Crippen LogP contribution in [0.1, 0.15) is 5.56 Å². The van der Waals surface area contributed by atoms with Gasteiger partial charge in [0.1, 0.15) is 12.3 Å². The van der Waals surface area contributed by atoms with Crippen molar-refractivity contribution in [3.8, 4) is 0 Å². The summed E-state index contributed by atoms with van der Waals surface area (Å²) in [6.07, 6.45) is 0. The predicted molar refractivity (Wildman–Crippen MR) is 68.7 cm³/mol. The number of nitrogens with one attached hydrogen (secondary N) is 1. The van der Waals surface area contributed by atoms with E-state index in [0.717, 1.165) is 12.1 Å². The molecule has 1 amide bonds. The number of fused-ring (bicyclic) bond motifs is 1. The largest absolute Gasteiger partial charge is 0.367 e. The van der Waals surface area contributed by atoms with Gasteiger partial charge in [0, 0.05) is 13.1 Å². The third-order valence-corrected chi connectivity index (χ3v) is 4.19. The van der Waals surface area contributed by atoms with Crippen molar-refractivity contribution in [3.63, 3.8) is 0 Å². The third-order valence-electron chi connectivity index (χ3n) is 3.45. The van der Waals surface area contributed by atoms with Crippen molar-refractivity contribution in [2.24, 2.45) is 0 Å². The quantitative estimate of drug-likeness (QED) is 0.853. The number of hydrogen-bond donors (Lipinski definition) is 1. The van der Waals surface area contributed by atoms with Crippen LogP contribution in [0.25, 0.3) is 0 Å². The van der Waals surface area contributed by atoms with Gasteiger partial charge in [-0.05, 0) is 17.7 Å². The molecule has 2 heterocycles. The van der Waals surface area contributed by atoms with Gasteiger partial charge in [0.05, 0.1) is 16.7 Å². The summed E-state index contributed by atoms with van der Waals surface area (Å²) in [6.45, 7) is 2.00. The van der Waals surface area contributed by atoms with Crippen LogP contribution >= 0.6 is 23.2 Å². The lowest BCUT2D eigenvalue weighted by atomic mass is 9.98. The van der Waals surface area contributed by atoms with Gasteiger partial charge in [-0.3, -0.25) is 10.1 Å². The lowest BCUT2D eigenvalue weighted by Crippen LogP contribution is -2.58. The fourth-order valence-electron chi connectivity index (χ4n) is 2.59. The highest BCUT2D eigenvalue weighted by molar-refractivity contribution is 6.42. The van der Waals surface area contributed by atoms with Gasteiger partial charge < -0.3 is 9.64 Å². The van der Waals surface area contributed by atoms with Crippen LogP contribution in [-0.4, -0.2) is 37.1 Å². The second-order valence-electron chi connectivity index (χ2n) is 4.45. The first-order chi connectivity index (χ1) is 8.63.